The second-order valence-corrected chi connectivity index (χ2v) is 20.9. The van der Waals surface area contributed by atoms with E-state index in [-0.39, 0.29) is 37.5 Å². The number of hydrogen-bond donors (Lipinski definition) is 0. The van der Waals surface area contributed by atoms with E-state index < -0.39 is 6.10 Å². The second kappa shape index (κ2) is 64.3. The summed E-state index contributed by atoms with van der Waals surface area (Å²) in [4.78, 5) is 38.3. The molecule has 0 radical (unpaired) electrons. The quantitative estimate of drug-likeness (QED) is 0.0261. The van der Waals surface area contributed by atoms with Crippen molar-refractivity contribution in [1.82, 2.24) is 0 Å². The molecule has 0 aromatic carbocycles. The van der Waals surface area contributed by atoms with Crippen molar-refractivity contribution in [3.8, 4) is 0 Å². The van der Waals surface area contributed by atoms with Gasteiger partial charge in [0.1, 0.15) is 13.2 Å². The van der Waals surface area contributed by atoms with Gasteiger partial charge >= 0.3 is 17.9 Å². The molecule has 0 aliphatic carbocycles. The third-order valence-electron chi connectivity index (χ3n) is 13.5. The Morgan fingerprint density at radius 3 is 0.844 bits per heavy atom. The predicted molar refractivity (Wildman–Crippen MR) is 334 cm³/mol. The van der Waals surface area contributed by atoms with Crippen LogP contribution in [-0.4, -0.2) is 37.2 Å². The highest BCUT2D eigenvalue weighted by Crippen LogP contribution is 2.15. The molecule has 0 amide bonds. The van der Waals surface area contributed by atoms with E-state index >= 15 is 0 Å². The summed E-state index contributed by atoms with van der Waals surface area (Å²) in [5.41, 5.74) is 0. The molecule has 0 spiro atoms. The van der Waals surface area contributed by atoms with Crippen molar-refractivity contribution >= 4 is 17.9 Å². The maximum absolute atomic E-state index is 12.9. The summed E-state index contributed by atoms with van der Waals surface area (Å²) in [5, 5.41) is 0. The fourth-order valence-corrected chi connectivity index (χ4v) is 8.67. The number of rotatable bonds is 57. The van der Waals surface area contributed by atoms with Crippen molar-refractivity contribution in [2.75, 3.05) is 13.2 Å². The summed E-state index contributed by atoms with van der Waals surface area (Å²) in [5.74, 6) is -0.964. The van der Waals surface area contributed by atoms with E-state index in [1.807, 2.05) is 0 Å². The lowest BCUT2D eigenvalue weighted by Gasteiger charge is -2.18. The van der Waals surface area contributed by atoms with Crippen LogP contribution in [0.25, 0.3) is 0 Å². The van der Waals surface area contributed by atoms with E-state index in [9.17, 15) is 14.4 Å². The Bertz CT molecular complexity index is 1600. The number of carbonyl (C=O) groups is 3. The Hall–Kier alpha value is -4.19. The van der Waals surface area contributed by atoms with Crippen LogP contribution >= 0.6 is 0 Å². The summed E-state index contributed by atoms with van der Waals surface area (Å²) < 4.78 is 16.9. The zero-order valence-electron chi connectivity index (χ0n) is 50.2. The Balaban J connectivity index is 4.46. The van der Waals surface area contributed by atoms with Crippen LogP contribution in [0.1, 0.15) is 290 Å². The third-order valence-corrected chi connectivity index (χ3v) is 13.5. The van der Waals surface area contributed by atoms with Crippen LogP contribution in [0.5, 0.6) is 0 Å². The number of esters is 3. The highest BCUT2D eigenvalue weighted by atomic mass is 16.6. The molecule has 0 aromatic heterocycles. The van der Waals surface area contributed by atoms with Gasteiger partial charge in [-0.3, -0.25) is 14.4 Å². The first kappa shape index (κ1) is 72.8. The molecule has 0 N–H and O–H groups in total. The normalized spacial score (nSPS) is 12.9. The smallest absolute Gasteiger partial charge is 0.306 e. The predicted octanol–water partition coefficient (Wildman–Crippen LogP) is 22.0. The fraction of sp³-hybridized carbons (Fsp3) is 0.676. The van der Waals surface area contributed by atoms with Gasteiger partial charge in [-0.25, -0.2) is 0 Å². The molecule has 0 bridgehead atoms. The summed E-state index contributed by atoms with van der Waals surface area (Å²) in [6, 6.07) is 0. The summed E-state index contributed by atoms with van der Waals surface area (Å²) in [7, 11) is 0. The molecule has 438 valence electrons. The number of carbonyl (C=O) groups excluding carboxylic acids is 3. The van der Waals surface area contributed by atoms with Crippen molar-refractivity contribution in [3.63, 3.8) is 0 Å². The molecule has 0 fully saturated rings. The minimum Gasteiger partial charge on any atom is -0.462 e. The Morgan fingerprint density at radius 2 is 0.519 bits per heavy atom. The Morgan fingerprint density at radius 1 is 0.273 bits per heavy atom. The zero-order chi connectivity index (χ0) is 55.7. The van der Waals surface area contributed by atoms with Crippen LogP contribution in [-0.2, 0) is 28.6 Å². The van der Waals surface area contributed by atoms with Gasteiger partial charge in [0.2, 0.25) is 0 Å². The molecule has 1 atom stereocenters. The van der Waals surface area contributed by atoms with Gasteiger partial charge in [0.05, 0.1) is 0 Å². The van der Waals surface area contributed by atoms with E-state index in [1.54, 1.807) is 0 Å². The van der Waals surface area contributed by atoms with Crippen molar-refractivity contribution in [3.05, 3.63) is 122 Å². The van der Waals surface area contributed by atoms with Crippen LogP contribution in [0.15, 0.2) is 122 Å². The fourth-order valence-electron chi connectivity index (χ4n) is 8.67. The maximum Gasteiger partial charge on any atom is 0.306 e. The zero-order valence-corrected chi connectivity index (χ0v) is 50.2. The standard InChI is InChI=1S/C71H118O6/c1-4-7-10-13-16-19-22-25-27-29-31-33-35-37-39-41-43-46-49-52-55-58-61-64-70(73)76-67-68(66-75-69(72)63-60-57-54-51-48-45-24-21-18-15-12-9-6-3)77-71(74)65-62-59-56-53-50-47-44-42-40-38-36-34-32-30-28-26-23-20-17-14-11-8-5-2/h7,10,16,19,23,25-27,30-33,36-39,43,46,52,55,68H,4-6,8-9,11-15,17-18,20-22,24,28-29,34-35,40-42,44-45,47-51,53-54,56-67H2,1-3H3/b10-7-,19-16-,26-23-,27-25-,32-30-,33-31-,38-36-,39-37-,46-43-,55-52-. The van der Waals surface area contributed by atoms with E-state index in [0.29, 0.717) is 19.3 Å². The van der Waals surface area contributed by atoms with Gasteiger partial charge in [0.25, 0.3) is 0 Å². The average molecular weight is 1070 g/mol. The van der Waals surface area contributed by atoms with Crippen molar-refractivity contribution < 1.29 is 28.6 Å². The molecule has 0 aromatic rings. The summed E-state index contributed by atoms with van der Waals surface area (Å²) in [6.45, 7) is 6.47. The van der Waals surface area contributed by atoms with Crippen LogP contribution in [0.3, 0.4) is 0 Å². The highest BCUT2D eigenvalue weighted by Gasteiger charge is 2.19. The lowest BCUT2D eigenvalue weighted by molar-refractivity contribution is -0.167. The molecule has 1 unspecified atom stereocenters. The Kier molecular flexibility index (Phi) is 60.8. The maximum atomic E-state index is 12.9. The van der Waals surface area contributed by atoms with Gasteiger partial charge in [0, 0.05) is 19.3 Å². The van der Waals surface area contributed by atoms with Gasteiger partial charge in [-0.1, -0.05) is 284 Å². The van der Waals surface area contributed by atoms with E-state index in [0.717, 1.165) is 109 Å². The Labute approximate surface area is 475 Å². The van der Waals surface area contributed by atoms with Crippen LogP contribution in [0, 0.1) is 0 Å². The summed E-state index contributed by atoms with van der Waals surface area (Å²) in [6.07, 6.45) is 89.2. The largest absolute Gasteiger partial charge is 0.462 e. The van der Waals surface area contributed by atoms with Gasteiger partial charge in [-0.15, -0.1) is 0 Å². The van der Waals surface area contributed by atoms with Gasteiger partial charge in [-0.2, -0.15) is 0 Å². The van der Waals surface area contributed by atoms with Crippen molar-refractivity contribution in [2.24, 2.45) is 0 Å². The number of unbranched alkanes of at least 4 members (excludes halogenated alkanes) is 26. The van der Waals surface area contributed by atoms with Crippen LogP contribution in [0.4, 0.5) is 0 Å². The van der Waals surface area contributed by atoms with E-state index in [4.69, 9.17) is 14.2 Å². The monoisotopic (exact) mass is 1070 g/mol. The molecule has 0 aliphatic heterocycles. The molecule has 0 aliphatic rings. The third kappa shape index (κ3) is 62.5. The van der Waals surface area contributed by atoms with Gasteiger partial charge in [-0.05, 0) is 109 Å². The molecule has 0 saturated carbocycles. The summed E-state index contributed by atoms with van der Waals surface area (Å²) >= 11 is 0. The number of ether oxygens (including phenoxy) is 3. The molecule has 0 saturated heterocycles. The first-order chi connectivity index (χ1) is 38.0. The first-order valence-corrected chi connectivity index (χ1v) is 32.0. The van der Waals surface area contributed by atoms with Gasteiger partial charge < -0.3 is 14.2 Å². The lowest BCUT2D eigenvalue weighted by Crippen LogP contribution is -2.30. The highest BCUT2D eigenvalue weighted by molar-refractivity contribution is 5.71. The molecule has 77 heavy (non-hydrogen) atoms. The lowest BCUT2D eigenvalue weighted by atomic mass is 10.0. The van der Waals surface area contributed by atoms with Crippen LogP contribution in [0.2, 0.25) is 0 Å². The molecular formula is C71H118O6. The second-order valence-electron chi connectivity index (χ2n) is 20.9. The number of hydrogen-bond acceptors (Lipinski definition) is 6. The minimum absolute atomic E-state index is 0.0995. The van der Waals surface area contributed by atoms with Crippen LogP contribution < -0.4 is 0 Å². The van der Waals surface area contributed by atoms with E-state index in [1.165, 1.54) is 135 Å². The van der Waals surface area contributed by atoms with Gasteiger partial charge in [0.15, 0.2) is 6.10 Å². The number of allylic oxidation sites excluding steroid dienone is 20. The molecule has 6 heteroatoms. The average Bonchev–Trinajstić information content (AvgIpc) is 3.43. The van der Waals surface area contributed by atoms with E-state index in [2.05, 4.69) is 142 Å². The molecular weight excluding hydrogens is 949 g/mol. The minimum atomic E-state index is -0.809. The first-order valence-electron chi connectivity index (χ1n) is 32.0. The SMILES string of the molecule is CC/C=C\C/C=C\C/C=C\C/C=C\C/C=C\C/C=C\C/C=C\CCCC(=O)OCC(COC(=O)CCCCCCCCCCCCCCC)OC(=O)CCCCCCCCCC/C=C\C/C=C\C/C=C\CCCCCCC. The van der Waals surface area contributed by atoms with Crippen molar-refractivity contribution in [2.45, 2.75) is 297 Å². The molecule has 0 heterocycles. The molecule has 6 nitrogen and oxygen atoms in total. The van der Waals surface area contributed by atoms with Crippen molar-refractivity contribution in [1.29, 1.82) is 0 Å². The topological polar surface area (TPSA) is 78.9 Å². The molecule has 0 rings (SSSR count).